The molecule has 4 aromatic rings. The fraction of sp³-hybridized carbons (Fsp3) is 0.143. The van der Waals surface area contributed by atoms with Gasteiger partial charge in [-0.2, -0.15) is 0 Å². The van der Waals surface area contributed by atoms with Crippen molar-refractivity contribution in [2.75, 3.05) is 5.32 Å². The highest BCUT2D eigenvalue weighted by Crippen LogP contribution is 2.23. The molecule has 1 N–H and O–H groups in total. The molecule has 0 saturated carbocycles. The molecule has 25 heavy (non-hydrogen) atoms. The van der Waals surface area contributed by atoms with E-state index in [2.05, 4.69) is 64.8 Å². The number of nitrogens with zero attached hydrogens (tertiary/aromatic N) is 3. The van der Waals surface area contributed by atoms with E-state index >= 15 is 0 Å². The molecule has 0 aliphatic rings. The molecule has 4 nitrogen and oxygen atoms in total. The lowest BCUT2D eigenvalue weighted by molar-refractivity contribution is 0.837. The number of hydrogen-bond acceptors (Lipinski definition) is 3. The summed E-state index contributed by atoms with van der Waals surface area (Å²) in [4.78, 5) is 9.15. The largest absolute Gasteiger partial charge is 0.377 e. The number of imidazole rings is 1. The molecular formula is C21H20N4. The van der Waals surface area contributed by atoms with Crippen molar-refractivity contribution in [1.82, 2.24) is 14.4 Å². The van der Waals surface area contributed by atoms with Gasteiger partial charge in [-0.1, -0.05) is 24.3 Å². The van der Waals surface area contributed by atoms with Crippen LogP contribution in [0.2, 0.25) is 0 Å². The molecule has 1 atom stereocenters. The number of anilines is 1. The molecular weight excluding hydrogens is 308 g/mol. The molecule has 0 bridgehead atoms. The summed E-state index contributed by atoms with van der Waals surface area (Å²) < 4.78 is 2.03. The molecule has 1 unspecified atom stereocenters. The molecule has 124 valence electrons. The Balaban J connectivity index is 1.52. The van der Waals surface area contributed by atoms with Crippen LogP contribution in [0, 0.1) is 6.92 Å². The van der Waals surface area contributed by atoms with E-state index in [0.29, 0.717) is 0 Å². The van der Waals surface area contributed by atoms with Crippen LogP contribution in [-0.2, 0) is 0 Å². The zero-order valence-electron chi connectivity index (χ0n) is 14.3. The number of aryl methyl sites for hydroxylation is 1. The Morgan fingerprint density at radius 3 is 2.56 bits per heavy atom. The van der Waals surface area contributed by atoms with E-state index in [1.165, 1.54) is 5.56 Å². The van der Waals surface area contributed by atoms with Gasteiger partial charge in [-0.15, -0.1) is 0 Å². The number of pyridine rings is 2. The molecule has 0 aliphatic carbocycles. The van der Waals surface area contributed by atoms with Gasteiger partial charge < -0.3 is 9.72 Å². The fourth-order valence-corrected chi connectivity index (χ4v) is 2.87. The maximum atomic E-state index is 4.66. The van der Waals surface area contributed by atoms with E-state index in [4.69, 9.17) is 0 Å². The third-order valence-corrected chi connectivity index (χ3v) is 4.31. The van der Waals surface area contributed by atoms with Crippen molar-refractivity contribution in [3.8, 4) is 11.3 Å². The van der Waals surface area contributed by atoms with Gasteiger partial charge in [-0.25, -0.2) is 4.98 Å². The van der Waals surface area contributed by atoms with Gasteiger partial charge in [0.2, 0.25) is 0 Å². The number of fused-ring (bicyclic) bond motifs is 1. The minimum absolute atomic E-state index is 0.154. The van der Waals surface area contributed by atoms with Gasteiger partial charge in [0.15, 0.2) is 0 Å². The first-order valence-electron chi connectivity index (χ1n) is 8.42. The van der Waals surface area contributed by atoms with Gasteiger partial charge in [0.1, 0.15) is 5.65 Å². The molecule has 3 aromatic heterocycles. The lowest BCUT2D eigenvalue weighted by atomic mass is 10.1. The number of nitrogens with one attached hydrogen (secondary N) is 1. The zero-order valence-corrected chi connectivity index (χ0v) is 14.3. The Hall–Kier alpha value is -3.14. The Bertz CT molecular complexity index is 952. The normalized spacial score (nSPS) is 12.2. The van der Waals surface area contributed by atoms with Crippen LogP contribution in [0.15, 0.2) is 73.2 Å². The van der Waals surface area contributed by atoms with Crippen LogP contribution in [0.5, 0.6) is 0 Å². The molecule has 0 radical (unpaired) electrons. The third-order valence-electron chi connectivity index (χ3n) is 4.31. The van der Waals surface area contributed by atoms with Gasteiger partial charge in [0, 0.05) is 29.8 Å². The summed E-state index contributed by atoms with van der Waals surface area (Å²) in [5, 5.41) is 3.49. The van der Waals surface area contributed by atoms with Crippen molar-refractivity contribution in [3.05, 3.63) is 84.4 Å². The van der Waals surface area contributed by atoms with Crippen LogP contribution in [0.25, 0.3) is 16.9 Å². The summed E-state index contributed by atoms with van der Waals surface area (Å²) in [5.74, 6) is 0. The van der Waals surface area contributed by atoms with E-state index in [-0.39, 0.29) is 6.04 Å². The highest BCUT2D eigenvalue weighted by Gasteiger charge is 2.08. The summed E-state index contributed by atoms with van der Waals surface area (Å²) in [6, 6.07) is 18.7. The van der Waals surface area contributed by atoms with Gasteiger partial charge in [-0.3, -0.25) is 4.98 Å². The number of hydrogen-bond donors (Lipinski definition) is 1. The van der Waals surface area contributed by atoms with E-state index < -0.39 is 0 Å². The van der Waals surface area contributed by atoms with Crippen LogP contribution in [-0.4, -0.2) is 14.4 Å². The maximum absolute atomic E-state index is 4.66. The second-order valence-corrected chi connectivity index (χ2v) is 6.30. The molecule has 0 fully saturated rings. The fourth-order valence-electron chi connectivity index (χ4n) is 2.87. The summed E-state index contributed by atoms with van der Waals surface area (Å²) >= 11 is 0. The lowest BCUT2D eigenvalue weighted by Crippen LogP contribution is -2.08. The summed E-state index contributed by atoms with van der Waals surface area (Å²) in [6.45, 7) is 4.17. The molecule has 0 saturated heterocycles. The van der Waals surface area contributed by atoms with Crippen molar-refractivity contribution in [2.24, 2.45) is 0 Å². The van der Waals surface area contributed by atoms with Crippen molar-refractivity contribution in [2.45, 2.75) is 19.9 Å². The van der Waals surface area contributed by atoms with Crippen molar-refractivity contribution in [1.29, 1.82) is 0 Å². The predicted molar refractivity (Wildman–Crippen MR) is 102 cm³/mol. The summed E-state index contributed by atoms with van der Waals surface area (Å²) in [5.41, 5.74) is 6.32. The van der Waals surface area contributed by atoms with Crippen molar-refractivity contribution < 1.29 is 0 Å². The Morgan fingerprint density at radius 2 is 1.84 bits per heavy atom. The van der Waals surface area contributed by atoms with Crippen LogP contribution in [0.4, 0.5) is 5.69 Å². The first kappa shape index (κ1) is 15.4. The average molecular weight is 328 g/mol. The monoisotopic (exact) mass is 328 g/mol. The second kappa shape index (κ2) is 6.40. The highest BCUT2D eigenvalue weighted by atomic mass is 15.0. The quantitative estimate of drug-likeness (QED) is 0.580. The predicted octanol–water partition coefficient (Wildman–Crippen LogP) is 4.88. The second-order valence-electron chi connectivity index (χ2n) is 6.30. The van der Waals surface area contributed by atoms with Crippen molar-refractivity contribution in [3.63, 3.8) is 0 Å². The van der Waals surface area contributed by atoms with E-state index in [0.717, 1.165) is 28.3 Å². The van der Waals surface area contributed by atoms with Gasteiger partial charge in [0.05, 0.1) is 17.4 Å². The minimum Gasteiger partial charge on any atom is -0.377 e. The zero-order chi connectivity index (χ0) is 17.2. The molecule has 3 heterocycles. The molecule has 1 aromatic carbocycles. The highest BCUT2D eigenvalue weighted by molar-refractivity contribution is 5.65. The summed E-state index contributed by atoms with van der Waals surface area (Å²) in [7, 11) is 0. The van der Waals surface area contributed by atoms with Crippen LogP contribution in [0.3, 0.4) is 0 Å². The van der Waals surface area contributed by atoms with E-state index in [9.17, 15) is 0 Å². The smallest absolute Gasteiger partial charge is 0.137 e. The molecule has 4 heteroatoms. The van der Waals surface area contributed by atoms with Gasteiger partial charge in [-0.05, 0) is 49.7 Å². The number of aromatic nitrogens is 3. The van der Waals surface area contributed by atoms with Gasteiger partial charge >= 0.3 is 0 Å². The van der Waals surface area contributed by atoms with E-state index in [1.807, 2.05) is 41.9 Å². The number of benzene rings is 1. The SMILES string of the molecule is Cc1ccc(C(C)Nc2ccc(-c3cn4ccccc4n3)cc2)nc1. The minimum atomic E-state index is 0.154. The van der Waals surface area contributed by atoms with Crippen molar-refractivity contribution >= 4 is 11.3 Å². The van der Waals surface area contributed by atoms with Gasteiger partial charge in [0.25, 0.3) is 0 Å². The topological polar surface area (TPSA) is 42.2 Å². The van der Waals surface area contributed by atoms with Crippen LogP contribution in [0.1, 0.15) is 24.2 Å². The Kier molecular flexibility index (Phi) is 3.94. The van der Waals surface area contributed by atoms with Crippen LogP contribution >= 0.6 is 0 Å². The molecule has 0 aliphatic heterocycles. The summed E-state index contributed by atoms with van der Waals surface area (Å²) in [6.07, 6.45) is 5.97. The Labute approximate surface area is 147 Å². The first-order valence-corrected chi connectivity index (χ1v) is 8.42. The first-order chi connectivity index (χ1) is 12.2. The molecule has 4 rings (SSSR count). The number of rotatable bonds is 4. The van der Waals surface area contributed by atoms with E-state index in [1.54, 1.807) is 0 Å². The standard InChI is InChI=1S/C21H20N4/c1-15-6-11-19(22-13-15)16(2)23-18-9-7-17(8-10-18)20-14-25-12-4-3-5-21(25)24-20/h3-14,16,23H,1-2H3. The average Bonchev–Trinajstić information content (AvgIpc) is 3.07. The third kappa shape index (κ3) is 3.24. The Morgan fingerprint density at radius 1 is 1.00 bits per heavy atom. The lowest BCUT2D eigenvalue weighted by Gasteiger charge is -2.15. The molecule has 0 spiro atoms. The maximum Gasteiger partial charge on any atom is 0.137 e. The van der Waals surface area contributed by atoms with Crippen LogP contribution < -0.4 is 5.32 Å². The molecule has 0 amide bonds.